The summed E-state index contributed by atoms with van der Waals surface area (Å²) in [4.78, 5) is 0. The molecule has 0 spiro atoms. The van der Waals surface area contributed by atoms with Crippen LogP contribution in [0.15, 0.2) is 34.6 Å². The van der Waals surface area contributed by atoms with Crippen molar-refractivity contribution in [3.8, 4) is 5.75 Å². The van der Waals surface area contributed by atoms with Crippen LogP contribution in [-0.4, -0.2) is 26.8 Å². The van der Waals surface area contributed by atoms with Gasteiger partial charge in [0.2, 0.25) is 0 Å². The lowest BCUT2D eigenvalue weighted by Crippen LogP contribution is -2.42. The summed E-state index contributed by atoms with van der Waals surface area (Å²) in [6, 6.07) is 6.02. The van der Waals surface area contributed by atoms with Gasteiger partial charge in [-0.2, -0.15) is 15.3 Å². The molecule has 5 rings (SSSR count). The number of phenolic OH excluding ortho intramolecular Hbond substituents is 1. The fraction of sp³-hybridized carbons (Fsp3) is 0.542. The first-order valence-corrected chi connectivity index (χ1v) is 10.9. The molecule has 1 aromatic carbocycles. The molecule has 5 heteroatoms. The third-order valence-electron chi connectivity index (χ3n) is 7.88. The highest BCUT2D eigenvalue weighted by molar-refractivity contribution is 5.93. The minimum atomic E-state index is 0.177. The molecule has 2 saturated carbocycles. The van der Waals surface area contributed by atoms with E-state index in [1.807, 2.05) is 43.2 Å². The van der Waals surface area contributed by atoms with Gasteiger partial charge in [0.15, 0.2) is 0 Å². The van der Waals surface area contributed by atoms with E-state index in [1.165, 1.54) is 42.5 Å². The van der Waals surface area contributed by atoms with Crippen molar-refractivity contribution >= 4 is 11.9 Å². The summed E-state index contributed by atoms with van der Waals surface area (Å²) in [5.41, 5.74) is 6.33. The fourth-order valence-corrected chi connectivity index (χ4v) is 6.43. The predicted molar refractivity (Wildman–Crippen MR) is 116 cm³/mol. The minimum Gasteiger partial charge on any atom is -0.508 e. The lowest BCUT2D eigenvalue weighted by Gasteiger charge is -2.49. The van der Waals surface area contributed by atoms with Gasteiger partial charge in [0.1, 0.15) is 5.75 Å². The Kier molecular flexibility index (Phi) is 4.37. The molecule has 0 amide bonds. The van der Waals surface area contributed by atoms with Crippen LogP contribution < -0.4 is 0 Å². The summed E-state index contributed by atoms with van der Waals surface area (Å²) in [7, 11) is 1.93. The van der Waals surface area contributed by atoms with Crippen molar-refractivity contribution in [2.75, 3.05) is 0 Å². The van der Waals surface area contributed by atoms with E-state index in [4.69, 9.17) is 5.10 Å². The molecular weight excluding hydrogens is 360 g/mol. The number of rotatable bonds is 2. The second-order valence-electron chi connectivity index (χ2n) is 9.43. The van der Waals surface area contributed by atoms with Crippen molar-refractivity contribution in [2.24, 2.45) is 34.5 Å². The summed E-state index contributed by atoms with van der Waals surface area (Å²) in [6.45, 7) is 4.43. The van der Waals surface area contributed by atoms with Crippen molar-refractivity contribution in [1.82, 2.24) is 9.78 Å². The maximum atomic E-state index is 9.86. The van der Waals surface area contributed by atoms with Crippen LogP contribution in [0.4, 0.5) is 0 Å². The average molecular weight is 391 g/mol. The molecule has 29 heavy (non-hydrogen) atoms. The molecule has 0 radical (unpaired) electrons. The van der Waals surface area contributed by atoms with Crippen molar-refractivity contribution in [3.63, 3.8) is 0 Å². The van der Waals surface area contributed by atoms with Crippen molar-refractivity contribution in [3.05, 3.63) is 46.8 Å². The molecule has 5 nitrogen and oxygen atoms in total. The second-order valence-corrected chi connectivity index (χ2v) is 9.43. The van der Waals surface area contributed by atoms with Gasteiger partial charge >= 0.3 is 0 Å². The number of fused-ring (bicyclic) bond motifs is 5. The number of aryl methyl sites for hydroxylation is 3. The normalized spacial score (nSPS) is 32.4. The average Bonchev–Trinajstić information content (AvgIpc) is 3.19. The summed E-state index contributed by atoms with van der Waals surface area (Å²) in [5, 5.41) is 23.4. The first-order chi connectivity index (χ1) is 14.0. The number of aromatic nitrogens is 2. The van der Waals surface area contributed by atoms with Gasteiger partial charge < -0.3 is 5.11 Å². The Balaban J connectivity index is 1.39. The monoisotopic (exact) mass is 390 g/mol. The van der Waals surface area contributed by atoms with Gasteiger partial charge in [-0.25, -0.2) is 0 Å². The third-order valence-corrected chi connectivity index (χ3v) is 7.88. The minimum absolute atomic E-state index is 0.177. The summed E-state index contributed by atoms with van der Waals surface area (Å²) in [5.74, 6) is 2.46. The molecule has 1 heterocycles. The largest absolute Gasteiger partial charge is 0.508 e. The van der Waals surface area contributed by atoms with Gasteiger partial charge in [-0.3, -0.25) is 4.68 Å². The van der Waals surface area contributed by atoms with Crippen LogP contribution in [0, 0.1) is 24.2 Å². The van der Waals surface area contributed by atoms with E-state index < -0.39 is 0 Å². The Bertz CT molecular complexity index is 1000. The second kappa shape index (κ2) is 6.82. The summed E-state index contributed by atoms with van der Waals surface area (Å²) in [6.07, 6.45) is 10.8. The van der Waals surface area contributed by atoms with Crippen LogP contribution in [-0.2, 0) is 13.5 Å². The molecule has 3 aliphatic carbocycles. The smallest absolute Gasteiger partial charge is 0.115 e. The molecule has 0 saturated heterocycles. The molecule has 1 N–H and O–H groups in total. The van der Waals surface area contributed by atoms with Crippen molar-refractivity contribution in [2.45, 2.75) is 58.3 Å². The van der Waals surface area contributed by atoms with Crippen LogP contribution in [0.1, 0.15) is 67.3 Å². The van der Waals surface area contributed by atoms with Gasteiger partial charge in [0, 0.05) is 29.9 Å². The Morgan fingerprint density at radius 3 is 2.90 bits per heavy atom. The highest BCUT2D eigenvalue weighted by Crippen LogP contribution is 2.60. The van der Waals surface area contributed by atoms with E-state index in [0.717, 1.165) is 30.0 Å². The molecule has 3 aliphatic rings. The van der Waals surface area contributed by atoms with E-state index in [-0.39, 0.29) is 5.41 Å². The zero-order valence-electron chi connectivity index (χ0n) is 17.6. The molecule has 2 fully saturated rings. The van der Waals surface area contributed by atoms with Crippen LogP contribution in [0.25, 0.3) is 0 Å². The molecule has 0 unspecified atom stereocenters. The number of phenols is 1. The van der Waals surface area contributed by atoms with Crippen LogP contribution in [0.3, 0.4) is 0 Å². The van der Waals surface area contributed by atoms with E-state index in [1.54, 1.807) is 0 Å². The zero-order valence-corrected chi connectivity index (χ0v) is 17.6. The maximum absolute atomic E-state index is 9.86. The van der Waals surface area contributed by atoms with Crippen LogP contribution in [0.5, 0.6) is 5.75 Å². The Morgan fingerprint density at radius 1 is 1.24 bits per heavy atom. The third kappa shape index (κ3) is 3.02. The lowest BCUT2D eigenvalue weighted by molar-refractivity contribution is 0.0955. The van der Waals surface area contributed by atoms with E-state index in [9.17, 15) is 5.11 Å². The van der Waals surface area contributed by atoms with E-state index in [2.05, 4.69) is 23.2 Å². The predicted octanol–water partition coefficient (Wildman–Crippen LogP) is 4.77. The Labute approximate surface area is 172 Å². The molecule has 0 bridgehead atoms. The lowest BCUT2D eigenvalue weighted by atomic mass is 9.55. The van der Waals surface area contributed by atoms with Gasteiger partial charge in [0.25, 0.3) is 0 Å². The van der Waals surface area contributed by atoms with Gasteiger partial charge in [-0.15, -0.1) is 0 Å². The molecule has 1 aromatic heterocycles. The first kappa shape index (κ1) is 18.6. The first-order valence-electron chi connectivity index (χ1n) is 10.9. The highest BCUT2D eigenvalue weighted by Gasteiger charge is 2.53. The zero-order chi connectivity index (χ0) is 20.2. The van der Waals surface area contributed by atoms with Crippen LogP contribution >= 0.6 is 0 Å². The van der Waals surface area contributed by atoms with Gasteiger partial charge in [-0.1, -0.05) is 13.0 Å². The number of nitrogens with zero attached hydrogens (tertiary/aromatic N) is 4. The maximum Gasteiger partial charge on any atom is 0.115 e. The molecule has 0 aliphatic heterocycles. The number of hydrogen-bond acceptors (Lipinski definition) is 4. The standard InChI is InChI=1S/C24H30N4O/c1-15-17(14-28(3)27-15)13-25-26-23-9-8-22-21-6-4-16-12-18(29)5-7-19(16)20(21)10-11-24(22,23)2/h5,7,12-14,20-22,29H,4,6,8-11H2,1-3H3/b25-13-,26-23-/t20-,21+,22-,24+/m1/s1. The van der Waals surface area contributed by atoms with Crippen molar-refractivity contribution < 1.29 is 5.11 Å². The van der Waals surface area contributed by atoms with Crippen molar-refractivity contribution in [1.29, 1.82) is 0 Å². The fourth-order valence-electron chi connectivity index (χ4n) is 6.43. The quantitative estimate of drug-likeness (QED) is 0.593. The van der Waals surface area contributed by atoms with Gasteiger partial charge in [-0.05, 0) is 86.5 Å². The number of aromatic hydroxyl groups is 1. The SMILES string of the molecule is Cc1nn(C)cc1/C=N\N=C1\CC[C@@H]2[C@H]3CCc4cc(O)ccc4[C@H]3CC[C@]12C. The number of hydrogen-bond donors (Lipinski definition) is 1. The molecular formula is C24H30N4O. The van der Waals surface area contributed by atoms with E-state index in [0.29, 0.717) is 17.6 Å². The van der Waals surface area contributed by atoms with Gasteiger partial charge in [0.05, 0.1) is 11.9 Å². The van der Waals surface area contributed by atoms with E-state index >= 15 is 0 Å². The topological polar surface area (TPSA) is 62.8 Å². The summed E-state index contributed by atoms with van der Waals surface area (Å²) < 4.78 is 1.82. The highest BCUT2D eigenvalue weighted by atomic mass is 16.3. The number of benzene rings is 1. The Morgan fingerprint density at radius 2 is 2.10 bits per heavy atom. The molecule has 4 atom stereocenters. The molecule has 152 valence electrons. The van der Waals surface area contributed by atoms with Crippen LogP contribution in [0.2, 0.25) is 0 Å². The molecule has 2 aromatic rings. The summed E-state index contributed by atoms with van der Waals surface area (Å²) >= 11 is 0. The Hall–Kier alpha value is -2.43.